The lowest BCUT2D eigenvalue weighted by Crippen LogP contribution is -2.15. The second kappa shape index (κ2) is 7.73. The summed E-state index contributed by atoms with van der Waals surface area (Å²) in [7, 11) is 0. The fourth-order valence-electron chi connectivity index (χ4n) is 0.428. The van der Waals surface area contributed by atoms with Crippen LogP contribution >= 0.6 is 12.4 Å². The van der Waals surface area contributed by atoms with E-state index in [1.807, 2.05) is 6.08 Å². The fourth-order valence-corrected chi connectivity index (χ4v) is 0.428. The molecule has 0 radical (unpaired) electrons. The lowest BCUT2D eigenvalue weighted by Gasteiger charge is -1.99. The Morgan fingerprint density at radius 2 is 2.00 bits per heavy atom. The van der Waals surface area contributed by atoms with Crippen LogP contribution in [0.25, 0.3) is 0 Å². The minimum atomic E-state index is 0. The topological polar surface area (TPSA) is 26.0 Å². The predicted molar refractivity (Wildman–Crippen MR) is 44.9 cm³/mol. The quantitative estimate of drug-likeness (QED) is 0.604. The molecule has 0 aromatic carbocycles. The summed E-state index contributed by atoms with van der Waals surface area (Å²) in [5, 5.41) is 0. The molecule has 0 saturated carbocycles. The van der Waals surface area contributed by atoms with Crippen molar-refractivity contribution in [1.29, 1.82) is 0 Å². The third-order valence-electron chi connectivity index (χ3n) is 1.01. The second-order valence-corrected chi connectivity index (χ2v) is 1.77. The minimum Gasteiger partial charge on any atom is -0.324 e. The molecule has 1 atom stereocenters. The Hall–Kier alpha value is -0.270. The summed E-state index contributed by atoms with van der Waals surface area (Å²) in [6.45, 7) is 7.13. The van der Waals surface area contributed by atoms with Crippen LogP contribution in [-0.4, -0.2) is 6.04 Å². The zero-order valence-corrected chi connectivity index (χ0v) is 6.36. The van der Waals surface area contributed by atoms with Crippen LogP contribution in [0.1, 0.15) is 12.8 Å². The van der Waals surface area contributed by atoms with Gasteiger partial charge in [0.05, 0.1) is 0 Å². The highest BCUT2D eigenvalue weighted by molar-refractivity contribution is 5.85. The molecule has 1 unspecified atom stereocenters. The number of allylic oxidation sites excluding steroid dienone is 1. The summed E-state index contributed by atoms with van der Waals surface area (Å²) in [4.78, 5) is 0. The van der Waals surface area contributed by atoms with Crippen LogP contribution in [0.5, 0.6) is 0 Å². The van der Waals surface area contributed by atoms with Crippen LogP contribution < -0.4 is 5.73 Å². The Bertz CT molecular complexity index is 81.0. The van der Waals surface area contributed by atoms with Crippen LogP contribution in [0.15, 0.2) is 25.3 Å². The van der Waals surface area contributed by atoms with Crippen LogP contribution in [0.4, 0.5) is 0 Å². The monoisotopic (exact) mass is 147 g/mol. The van der Waals surface area contributed by atoms with Gasteiger partial charge >= 0.3 is 0 Å². The van der Waals surface area contributed by atoms with Gasteiger partial charge in [0, 0.05) is 6.04 Å². The lowest BCUT2D eigenvalue weighted by molar-refractivity contribution is 0.736. The lowest BCUT2D eigenvalue weighted by atomic mass is 10.2. The van der Waals surface area contributed by atoms with E-state index in [0.717, 1.165) is 12.8 Å². The van der Waals surface area contributed by atoms with E-state index in [0.29, 0.717) is 0 Å². The molecule has 0 aliphatic carbocycles. The van der Waals surface area contributed by atoms with E-state index in [9.17, 15) is 0 Å². The Balaban J connectivity index is 0. The summed E-state index contributed by atoms with van der Waals surface area (Å²) in [5.41, 5.74) is 5.49. The molecule has 0 aliphatic rings. The molecule has 2 heteroatoms. The maximum atomic E-state index is 5.49. The molecule has 54 valence electrons. The van der Waals surface area contributed by atoms with Gasteiger partial charge in [0.1, 0.15) is 0 Å². The first kappa shape index (κ1) is 11.5. The molecule has 2 N–H and O–H groups in total. The first-order chi connectivity index (χ1) is 3.81. The van der Waals surface area contributed by atoms with Gasteiger partial charge in [-0.3, -0.25) is 0 Å². The molecule has 0 rings (SSSR count). The molecule has 0 fully saturated rings. The van der Waals surface area contributed by atoms with Crippen LogP contribution in [0, 0.1) is 0 Å². The summed E-state index contributed by atoms with van der Waals surface area (Å²) in [6, 6.07) is 0.146. The molecule has 0 aliphatic heterocycles. The molecule has 0 saturated heterocycles. The number of rotatable bonds is 4. The third-order valence-corrected chi connectivity index (χ3v) is 1.01. The Kier molecular flexibility index (Phi) is 9.89. The average molecular weight is 148 g/mol. The normalized spacial score (nSPS) is 11.2. The highest BCUT2D eigenvalue weighted by Gasteiger charge is 1.90. The van der Waals surface area contributed by atoms with Crippen molar-refractivity contribution < 1.29 is 0 Å². The summed E-state index contributed by atoms with van der Waals surface area (Å²) < 4.78 is 0. The van der Waals surface area contributed by atoms with Gasteiger partial charge in [0.25, 0.3) is 0 Å². The Morgan fingerprint density at radius 3 is 2.33 bits per heavy atom. The number of halogens is 1. The van der Waals surface area contributed by atoms with E-state index in [2.05, 4.69) is 13.2 Å². The van der Waals surface area contributed by atoms with Gasteiger partial charge in [-0.2, -0.15) is 0 Å². The maximum Gasteiger partial charge on any atom is 0.0224 e. The molecule has 0 spiro atoms. The van der Waals surface area contributed by atoms with Crippen molar-refractivity contribution in [2.75, 3.05) is 0 Å². The summed E-state index contributed by atoms with van der Waals surface area (Å²) >= 11 is 0. The molecular weight excluding hydrogens is 134 g/mol. The van der Waals surface area contributed by atoms with Crippen molar-refractivity contribution in [3.8, 4) is 0 Å². The predicted octanol–water partition coefficient (Wildman–Crippen LogP) is 1.89. The molecule has 0 amide bonds. The van der Waals surface area contributed by atoms with Gasteiger partial charge < -0.3 is 5.73 Å². The van der Waals surface area contributed by atoms with Crippen molar-refractivity contribution in [1.82, 2.24) is 0 Å². The van der Waals surface area contributed by atoms with E-state index in [4.69, 9.17) is 5.73 Å². The van der Waals surface area contributed by atoms with E-state index < -0.39 is 0 Å². The maximum absolute atomic E-state index is 5.49. The minimum absolute atomic E-state index is 0. The molecule has 0 aromatic rings. The number of nitrogens with two attached hydrogens (primary N) is 1. The molecular formula is C7H14ClN. The van der Waals surface area contributed by atoms with Crippen molar-refractivity contribution >= 4 is 12.4 Å². The highest BCUT2D eigenvalue weighted by atomic mass is 35.5. The SMILES string of the molecule is C=CCCC(N)C=C.Cl. The van der Waals surface area contributed by atoms with E-state index >= 15 is 0 Å². The average Bonchev–Trinajstić information content (AvgIpc) is 1.83. The largest absolute Gasteiger partial charge is 0.324 e. The van der Waals surface area contributed by atoms with Gasteiger partial charge in [0.15, 0.2) is 0 Å². The summed E-state index contributed by atoms with van der Waals surface area (Å²) in [5.74, 6) is 0. The third kappa shape index (κ3) is 7.73. The van der Waals surface area contributed by atoms with Gasteiger partial charge in [-0.05, 0) is 12.8 Å². The zero-order chi connectivity index (χ0) is 6.41. The Labute approximate surface area is 63.0 Å². The summed E-state index contributed by atoms with van der Waals surface area (Å²) in [6.07, 6.45) is 5.56. The molecule has 1 nitrogen and oxygen atoms in total. The van der Waals surface area contributed by atoms with Gasteiger partial charge in [-0.15, -0.1) is 25.6 Å². The second-order valence-electron chi connectivity index (χ2n) is 1.77. The van der Waals surface area contributed by atoms with Crippen LogP contribution in [-0.2, 0) is 0 Å². The first-order valence-electron chi connectivity index (χ1n) is 2.80. The van der Waals surface area contributed by atoms with Crippen LogP contribution in [0.2, 0.25) is 0 Å². The molecule has 0 bridgehead atoms. The van der Waals surface area contributed by atoms with Crippen molar-refractivity contribution in [3.05, 3.63) is 25.3 Å². The van der Waals surface area contributed by atoms with Gasteiger partial charge in [0.2, 0.25) is 0 Å². The van der Waals surface area contributed by atoms with Crippen LogP contribution in [0.3, 0.4) is 0 Å². The molecule has 9 heavy (non-hydrogen) atoms. The van der Waals surface area contributed by atoms with Gasteiger partial charge in [-0.25, -0.2) is 0 Å². The number of hydrogen-bond acceptors (Lipinski definition) is 1. The zero-order valence-electron chi connectivity index (χ0n) is 5.55. The van der Waals surface area contributed by atoms with E-state index in [1.54, 1.807) is 6.08 Å². The van der Waals surface area contributed by atoms with Gasteiger partial charge in [-0.1, -0.05) is 12.2 Å². The fraction of sp³-hybridized carbons (Fsp3) is 0.429. The van der Waals surface area contributed by atoms with E-state index in [1.165, 1.54) is 0 Å². The first-order valence-corrected chi connectivity index (χ1v) is 2.80. The number of hydrogen-bond donors (Lipinski definition) is 1. The Morgan fingerprint density at radius 1 is 1.44 bits per heavy atom. The standard InChI is InChI=1S/C7H13N.ClH/c1-3-5-6-7(8)4-2;/h3-4,7H,1-2,5-6,8H2;1H. The highest BCUT2D eigenvalue weighted by Crippen LogP contribution is 1.93. The molecule has 0 heterocycles. The molecule has 0 aromatic heterocycles. The van der Waals surface area contributed by atoms with Crippen molar-refractivity contribution in [3.63, 3.8) is 0 Å². The van der Waals surface area contributed by atoms with E-state index in [-0.39, 0.29) is 18.4 Å². The van der Waals surface area contributed by atoms with Crippen molar-refractivity contribution in [2.45, 2.75) is 18.9 Å². The van der Waals surface area contributed by atoms with Crippen molar-refractivity contribution in [2.24, 2.45) is 5.73 Å². The smallest absolute Gasteiger partial charge is 0.0224 e.